The van der Waals surface area contributed by atoms with E-state index >= 15 is 0 Å². The first kappa shape index (κ1) is 19.2. The van der Waals surface area contributed by atoms with Crippen LogP contribution < -0.4 is 10.1 Å². The molecule has 7 heteroatoms. The Morgan fingerprint density at radius 1 is 1.26 bits per heavy atom. The first-order chi connectivity index (χ1) is 13.0. The van der Waals surface area contributed by atoms with Gasteiger partial charge >= 0.3 is 5.97 Å². The van der Waals surface area contributed by atoms with Gasteiger partial charge in [0.2, 0.25) is 5.91 Å². The molecule has 0 saturated heterocycles. The average molecular weight is 390 g/mol. The fourth-order valence-corrected chi connectivity index (χ4v) is 3.19. The minimum absolute atomic E-state index is 0.0241. The van der Waals surface area contributed by atoms with Crippen molar-refractivity contribution in [2.45, 2.75) is 32.6 Å². The molecule has 27 heavy (non-hydrogen) atoms. The summed E-state index contributed by atoms with van der Waals surface area (Å²) in [5.41, 5.74) is 2.34. The van der Waals surface area contributed by atoms with Crippen molar-refractivity contribution in [2.24, 2.45) is 0 Å². The molecule has 0 saturated carbocycles. The SMILES string of the molecule is CC(=O)N[C@H](CC(=O)OCc1cc(Cl)cc2c1OCOC2)c1ccccc1. The van der Waals surface area contributed by atoms with Gasteiger partial charge in [0.05, 0.1) is 19.1 Å². The highest BCUT2D eigenvalue weighted by Gasteiger charge is 2.20. The average Bonchev–Trinajstić information content (AvgIpc) is 2.66. The number of hydrogen-bond donors (Lipinski definition) is 1. The van der Waals surface area contributed by atoms with Crippen LogP contribution in [0.3, 0.4) is 0 Å². The first-order valence-corrected chi connectivity index (χ1v) is 8.90. The highest BCUT2D eigenvalue weighted by Crippen LogP contribution is 2.32. The van der Waals surface area contributed by atoms with E-state index in [0.29, 0.717) is 22.9 Å². The molecule has 0 aliphatic carbocycles. The van der Waals surface area contributed by atoms with Crippen LogP contribution >= 0.6 is 11.6 Å². The molecule has 142 valence electrons. The minimum atomic E-state index is -0.450. The summed E-state index contributed by atoms with van der Waals surface area (Å²) in [7, 11) is 0. The summed E-state index contributed by atoms with van der Waals surface area (Å²) in [6, 6.07) is 12.3. The summed E-state index contributed by atoms with van der Waals surface area (Å²) < 4.78 is 16.2. The molecule has 1 aliphatic rings. The van der Waals surface area contributed by atoms with Gasteiger partial charge in [-0.2, -0.15) is 0 Å². The van der Waals surface area contributed by atoms with Gasteiger partial charge in [0.1, 0.15) is 12.4 Å². The Balaban J connectivity index is 1.66. The zero-order chi connectivity index (χ0) is 19.2. The second kappa shape index (κ2) is 8.88. The maximum absolute atomic E-state index is 12.4. The lowest BCUT2D eigenvalue weighted by Crippen LogP contribution is -2.28. The lowest BCUT2D eigenvalue weighted by molar-refractivity contribution is -0.145. The molecule has 1 N–H and O–H groups in total. The van der Waals surface area contributed by atoms with Crippen molar-refractivity contribution in [3.8, 4) is 5.75 Å². The van der Waals surface area contributed by atoms with Gasteiger partial charge in [0.15, 0.2) is 6.79 Å². The maximum Gasteiger partial charge on any atom is 0.308 e. The van der Waals surface area contributed by atoms with E-state index in [2.05, 4.69) is 5.32 Å². The van der Waals surface area contributed by atoms with E-state index in [-0.39, 0.29) is 25.7 Å². The van der Waals surface area contributed by atoms with E-state index in [4.69, 9.17) is 25.8 Å². The Kier molecular flexibility index (Phi) is 6.32. The molecule has 0 fully saturated rings. The molecule has 2 aromatic carbocycles. The third kappa shape index (κ3) is 5.21. The van der Waals surface area contributed by atoms with E-state index in [1.807, 2.05) is 30.3 Å². The van der Waals surface area contributed by atoms with Crippen molar-refractivity contribution in [2.75, 3.05) is 6.79 Å². The van der Waals surface area contributed by atoms with Crippen LogP contribution in [0.5, 0.6) is 5.75 Å². The molecule has 0 aromatic heterocycles. The number of ether oxygens (including phenoxy) is 3. The van der Waals surface area contributed by atoms with E-state index in [1.54, 1.807) is 12.1 Å². The van der Waals surface area contributed by atoms with Gasteiger partial charge < -0.3 is 19.5 Å². The van der Waals surface area contributed by atoms with Crippen molar-refractivity contribution in [1.82, 2.24) is 5.32 Å². The van der Waals surface area contributed by atoms with Crippen LogP contribution in [-0.4, -0.2) is 18.7 Å². The van der Waals surface area contributed by atoms with Crippen LogP contribution in [0.1, 0.15) is 36.1 Å². The molecular formula is C20H20ClNO5. The van der Waals surface area contributed by atoms with Crippen molar-refractivity contribution < 1.29 is 23.8 Å². The Morgan fingerprint density at radius 3 is 2.78 bits per heavy atom. The monoisotopic (exact) mass is 389 g/mol. The molecule has 0 bridgehead atoms. The Morgan fingerprint density at radius 2 is 2.04 bits per heavy atom. The molecule has 1 atom stereocenters. The van der Waals surface area contributed by atoms with Crippen LogP contribution in [-0.2, 0) is 32.3 Å². The summed E-state index contributed by atoms with van der Waals surface area (Å²) in [5, 5.41) is 3.30. The molecule has 0 unspecified atom stereocenters. The predicted molar refractivity (Wildman–Crippen MR) is 99.1 cm³/mol. The Bertz CT molecular complexity index is 825. The lowest BCUT2D eigenvalue weighted by atomic mass is 10.0. The summed E-state index contributed by atoms with van der Waals surface area (Å²) in [4.78, 5) is 23.8. The third-order valence-corrected chi connectivity index (χ3v) is 4.31. The number of esters is 1. The van der Waals surface area contributed by atoms with Gasteiger partial charge in [-0.1, -0.05) is 41.9 Å². The summed E-state index contributed by atoms with van der Waals surface area (Å²) in [6.45, 7) is 1.99. The summed E-state index contributed by atoms with van der Waals surface area (Å²) in [5.74, 6) is -0.00716. The molecular weight excluding hydrogens is 370 g/mol. The number of halogens is 1. The van der Waals surface area contributed by atoms with Gasteiger partial charge in [-0.3, -0.25) is 9.59 Å². The number of carbonyl (C=O) groups is 2. The Hall–Kier alpha value is -2.57. The number of amides is 1. The van der Waals surface area contributed by atoms with Crippen LogP contribution in [0.25, 0.3) is 0 Å². The van der Waals surface area contributed by atoms with E-state index in [0.717, 1.165) is 11.1 Å². The lowest BCUT2D eigenvalue weighted by Gasteiger charge is -2.21. The van der Waals surface area contributed by atoms with Gasteiger partial charge in [-0.15, -0.1) is 0 Å². The van der Waals surface area contributed by atoms with Crippen molar-refractivity contribution in [3.63, 3.8) is 0 Å². The number of benzene rings is 2. The van der Waals surface area contributed by atoms with Crippen LogP contribution in [0.15, 0.2) is 42.5 Å². The number of rotatable bonds is 6. The normalized spacial score (nSPS) is 13.9. The second-order valence-electron chi connectivity index (χ2n) is 6.19. The molecule has 1 heterocycles. The second-order valence-corrected chi connectivity index (χ2v) is 6.63. The molecule has 1 aliphatic heterocycles. The van der Waals surface area contributed by atoms with Crippen molar-refractivity contribution in [3.05, 3.63) is 64.2 Å². The van der Waals surface area contributed by atoms with Gasteiger partial charge in [0.25, 0.3) is 0 Å². The zero-order valence-corrected chi connectivity index (χ0v) is 15.6. The van der Waals surface area contributed by atoms with Crippen LogP contribution in [0.2, 0.25) is 5.02 Å². The fraction of sp³-hybridized carbons (Fsp3) is 0.300. The van der Waals surface area contributed by atoms with Crippen LogP contribution in [0, 0.1) is 0 Å². The van der Waals surface area contributed by atoms with Gasteiger partial charge in [-0.05, 0) is 17.7 Å². The summed E-state index contributed by atoms with van der Waals surface area (Å²) in [6.07, 6.45) is 0.0241. The van der Waals surface area contributed by atoms with E-state index in [1.165, 1.54) is 6.92 Å². The molecule has 0 spiro atoms. The molecule has 3 rings (SSSR count). The number of fused-ring (bicyclic) bond motifs is 1. The number of carbonyl (C=O) groups excluding carboxylic acids is 2. The number of hydrogen-bond acceptors (Lipinski definition) is 5. The molecule has 1 amide bonds. The predicted octanol–water partition coefficient (Wildman–Crippen LogP) is 3.52. The molecule has 0 radical (unpaired) electrons. The minimum Gasteiger partial charge on any atom is -0.467 e. The number of nitrogens with one attached hydrogen (secondary N) is 1. The van der Waals surface area contributed by atoms with Gasteiger partial charge in [-0.25, -0.2) is 0 Å². The first-order valence-electron chi connectivity index (χ1n) is 8.52. The maximum atomic E-state index is 12.4. The quantitative estimate of drug-likeness (QED) is 0.765. The standard InChI is InChI=1S/C20H20ClNO5/c1-13(23)22-18(14-5-3-2-4-6-14)9-19(24)26-11-16-8-17(21)7-15-10-25-12-27-20(15)16/h2-8,18H,9-12H2,1H3,(H,22,23)/t18-/m1/s1. The third-order valence-electron chi connectivity index (χ3n) is 4.09. The molecule has 6 nitrogen and oxygen atoms in total. The highest BCUT2D eigenvalue weighted by molar-refractivity contribution is 6.30. The molecule has 2 aromatic rings. The van der Waals surface area contributed by atoms with Gasteiger partial charge in [0, 0.05) is 23.1 Å². The largest absolute Gasteiger partial charge is 0.467 e. The topological polar surface area (TPSA) is 73.9 Å². The summed E-state index contributed by atoms with van der Waals surface area (Å²) >= 11 is 6.12. The van der Waals surface area contributed by atoms with Crippen LogP contribution in [0.4, 0.5) is 0 Å². The van der Waals surface area contributed by atoms with E-state index < -0.39 is 12.0 Å². The van der Waals surface area contributed by atoms with Crippen molar-refractivity contribution in [1.29, 1.82) is 0 Å². The van der Waals surface area contributed by atoms with E-state index in [9.17, 15) is 9.59 Å². The Labute approximate surface area is 162 Å². The smallest absolute Gasteiger partial charge is 0.308 e. The van der Waals surface area contributed by atoms with Crippen molar-refractivity contribution >= 4 is 23.5 Å². The fourth-order valence-electron chi connectivity index (χ4n) is 2.93. The highest BCUT2D eigenvalue weighted by atomic mass is 35.5. The zero-order valence-electron chi connectivity index (χ0n) is 14.9.